The van der Waals surface area contributed by atoms with Gasteiger partial charge in [0.15, 0.2) is 11.6 Å². The Morgan fingerprint density at radius 1 is 1.15 bits per heavy atom. The fourth-order valence-corrected chi connectivity index (χ4v) is 3.18. The van der Waals surface area contributed by atoms with Crippen molar-refractivity contribution >= 4 is 29.1 Å². The summed E-state index contributed by atoms with van der Waals surface area (Å²) in [7, 11) is 0. The third kappa shape index (κ3) is 5.60. The summed E-state index contributed by atoms with van der Waals surface area (Å²) in [6.45, 7) is 3.21. The van der Waals surface area contributed by atoms with Crippen LogP contribution in [0.25, 0.3) is 0 Å². The van der Waals surface area contributed by atoms with Crippen LogP contribution in [-0.4, -0.2) is 37.6 Å². The topological polar surface area (TPSA) is 87.7 Å². The average Bonchev–Trinajstić information content (AvgIpc) is 3.01. The molecule has 0 saturated carbocycles. The minimum Gasteiger partial charge on any atom is -0.442 e. The Bertz CT molecular complexity index is 1100. The molecule has 0 aromatic heterocycles. The van der Waals surface area contributed by atoms with Crippen molar-refractivity contribution in [2.75, 3.05) is 23.3 Å². The molecule has 0 unspecified atom stereocenters. The highest BCUT2D eigenvalue weighted by Crippen LogP contribution is 2.30. The Morgan fingerprint density at radius 2 is 1.82 bits per heavy atom. The minimum absolute atomic E-state index is 0.0235. The van der Waals surface area contributed by atoms with E-state index in [9.17, 15) is 31.9 Å². The first-order valence-corrected chi connectivity index (χ1v) is 10.0. The summed E-state index contributed by atoms with van der Waals surface area (Å²) in [4.78, 5) is 36.2. The quantitative estimate of drug-likeness (QED) is 0.604. The first kappa shape index (κ1) is 24.0. The smallest absolute Gasteiger partial charge is 0.414 e. The van der Waals surface area contributed by atoms with Gasteiger partial charge in [0.2, 0.25) is 5.43 Å². The van der Waals surface area contributed by atoms with Gasteiger partial charge < -0.3 is 15.4 Å². The molecule has 176 valence electrons. The number of ether oxygens (including phenoxy) is 1. The van der Waals surface area contributed by atoms with Gasteiger partial charge in [-0.05, 0) is 23.6 Å². The maximum absolute atomic E-state index is 14.8. The number of nitrogens with zero attached hydrogens (tertiary/aromatic N) is 1. The summed E-state index contributed by atoms with van der Waals surface area (Å²) in [6.07, 6.45) is -5.16. The normalized spacial score (nSPS) is 15.7. The second-order valence-electron chi connectivity index (χ2n) is 7.67. The number of carbonyl (C=O) groups excluding carboxylic acids is 2. The van der Waals surface area contributed by atoms with Gasteiger partial charge in [-0.1, -0.05) is 26.0 Å². The number of halogens is 4. The molecule has 1 heterocycles. The van der Waals surface area contributed by atoms with Crippen LogP contribution in [0.4, 0.5) is 39.4 Å². The maximum atomic E-state index is 14.8. The molecule has 1 aliphatic rings. The molecule has 2 amide bonds. The van der Waals surface area contributed by atoms with Crippen LogP contribution in [0.5, 0.6) is 0 Å². The lowest BCUT2D eigenvalue weighted by molar-refractivity contribution is -0.132. The fourth-order valence-electron chi connectivity index (χ4n) is 3.18. The van der Waals surface area contributed by atoms with Crippen LogP contribution in [0.3, 0.4) is 0 Å². The van der Waals surface area contributed by atoms with E-state index in [4.69, 9.17) is 4.74 Å². The van der Waals surface area contributed by atoms with Crippen LogP contribution >= 0.6 is 0 Å². The highest BCUT2D eigenvalue weighted by molar-refractivity contribution is 5.90. The molecule has 0 radical (unpaired) electrons. The predicted octanol–water partition coefficient (Wildman–Crippen LogP) is 3.90. The average molecular weight is 467 g/mol. The van der Waals surface area contributed by atoms with Gasteiger partial charge in [0.1, 0.15) is 11.8 Å². The second kappa shape index (κ2) is 9.88. The summed E-state index contributed by atoms with van der Waals surface area (Å²) in [5, 5.41) is 4.40. The van der Waals surface area contributed by atoms with Crippen LogP contribution in [0, 0.1) is 11.6 Å². The van der Waals surface area contributed by atoms with Gasteiger partial charge in [0, 0.05) is 12.1 Å². The number of hydrogen-bond donors (Lipinski definition) is 2. The third-order valence-corrected chi connectivity index (χ3v) is 4.95. The van der Waals surface area contributed by atoms with E-state index >= 15 is 0 Å². The molecule has 2 aromatic carbocycles. The number of rotatable bonds is 7. The van der Waals surface area contributed by atoms with Gasteiger partial charge >= 0.3 is 12.5 Å². The van der Waals surface area contributed by atoms with Crippen LogP contribution in [0.1, 0.15) is 25.3 Å². The van der Waals surface area contributed by atoms with Crippen molar-refractivity contribution in [1.29, 1.82) is 0 Å². The fraction of sp³-hybridized carbons (Fsp3) is 0.318. The lowest BCUT2D eigenvalue weighted by Crippen LogP contribution is -2.37. The standard InChI is InChI=1S/C22H21F4N3O4/c1-11(2)12-4-3-5-18(30)17(6-12)28-19-15(23)7-13(8-16(19)24)29-10-14(33-22(29)32)9-27-21(31)20(25)26/h3-8,11,14,20H,9-10H2,1-2H3,(H,27,31)(H,28,30)/t14-/m0/s1. The Kier molecular flexibility index (Phi) is 7.19. The Balaban J connectivity index is 1.81. The summed E-state index contributed by atoms with van der Waals surface area (Å²) in [5.74, 6) is -3.59. The van der Waals surface area contributed by atoms with Crippen molar-refractivity contribution in [3.05, 3.63) is 63.8 Å². The zero-order valence-corrected chi connectivity index (χ0v) is 17.7. The van der Waals surface area contributed by atoms with Gasteiger partial charge in [0.25, 0.3) is 5.91 Å². The van der Waals surface area contributed by atoms with Gasteiger partial charge in [-0.2, -0.15) is 8.78 Å². The number of amides is 2. The van der Waals surface area contributed by atoms with E-state index in [1.807, 2.05) is 19.2 Å². The molecule has 1 saturated heterocycles. The molecule has 11 heteroatoms. The van der Waals surface area contributed by atoms with Gasteiger partial charge in [-0.3, -0.25) is 14.5 Å². The lowest BCUT2D eigenvalue weighted by atomic mass is 10.1. The molecular formula is C22H21F4N3O4. The molecule has 33 heavy (non-hydrogen) atoms. The molecule has 3 rings (SSSR count). The molecule has 0 spiro atoms. The van der Waals surface area contributed by atoms with E-state index in [1.165, 1.54) is 12.1 Å². The molecule has 1 aliphatic heterocycles. The molecule has 1 fully saturated rings. The highest BCUT2D eigenvalue weighted by atomic mass is 19.3. The molecule has 2 aromatic rings. The van der Waals surface area contributed by atoms with Crippen LogP contribution in [-0.2, 0) is 9.53 Å². The number of anilines is 3. The summed E-state index contributed by atoms with van der Waals surface area (Å²) in [5.41, 5.74) is -0.467. The van der Waals surface area contributed by atoms with E-state index in [0.717, 1.165) is 22.6 Å². The number of cyclic esters (lactones) is 1. The van der Waals surface area contributed by atoms with Gasteiger partial charge in [0.05, 0.1) is 24.5 Å². The maximum Gasteiger partial charge on any atom is 0.414 e. The van der Waals surface area contributed by atoms with Gasteiger partial charge in [-0.25, -0.2) is 13.6 Å². The van der Waals surface area contributed by atoms with E-state index in [-0.39, 0.29) is 30.4 Å². The van der Waals surface area contributed by atoms with Crippen LogP contribution < -0.4 is 21.0 Å². The molecule has 7 nitrogen and oxygen atoms in total. The van der Waals surface area contributed by atoms with E-state index in [0.29, 0.717) is 0 Å². The molecule has 1 atom stereocenters. The summed E-state index contributed by atoms with van der Waals surface area (Å²) < 4.78 is 59.1. The second-order valence-corrected chi connectivity index (χ2v) is 7.67. The van der Waals surface area contributed by atoms with Crippen LogP contribution in [0.2, 0.25) is 0 Å². The molecule has 0 bridgehead atoms. The number of carbonyl (C=O) groups is 2. The van der Waals surface area contributed by atoms with Crippen molar-refractivity contribution in [3.63, 3.8) is 0 Å². The molecular weight excluding hydrogens is 446 g/mol. The van der Waals surface area contributed by atoms with Crippen LogP contribution in [0.15, 0.2) is 41.2 Å². The van der Waals surface area contributed by atoms with E-state index in [1.54, 1.807) is 12.1 Å². The third-order valence-electron chi connectivity index (χ3n) is 4.95. The first-order valence-electron chi connectivity index (χ1n) is 10.0. The summed E-state index contributed by atoms with van der Waals surface area (Å²) in [6, 6.07) is 7.82. The van der Waals surface area contributed by atoms with E-state index < -0.39 is 47.3 Å². The number of benzene rings is 1. The minimum atomic E-state index is -3.22. The monoisotopic (exact) mass is 467 g/mol. The summed E-state index contributed by atoms with van der Waals surface area (Å²) >= 11 is 0. The largest absolute Gasteiger partial charge is 0.442 e. The number of nitrogens with one attached hydrogen (secondary N) is 2. The molecule has 2 N–H and O–H groups in total. The Hall–Kier alpha value is -3.63. The zero-order valence-electron chi connectivity index (χ0n) is 17.7. The highest BCUT2D eigenvalue weighted by Gasteiger charge is 2.34. The van der Waals surface area contributed by atoms with Crippen molar-refractivity contribution in [2.24, 2.45) is 0 Å². The lowest BCUT2D eigenvalue weighted by Gasteiger charge is -2.16. The van der Waals surface area contributed by atoms with Crippen molar-refractivity contribution < 1.29 is 31.9 Å². The van der Waals surface area contributed by atoms with Gasteiger partial charge in [-0.15, -0.1) is 0 Å². The van der Waals surface area contributed by atoms with E-state index in [2.05, 4.69) is 5.32 Å². The zero-order chi connectivity index (χ0) is 24.3. The number of alkyl halides is 2. The molecule has 0 aliphatic carbocycles. The number of hydrogen-bond acceptors (Lipinski definition) is 5. The Morgan fingerprint density at radius 3 is 2.42 bits per heavy atom. The van der Waals surface area contributed by atoms with Crippen molar-refractivity contribution in [3.8, 4) is 0 Å². The first-order chi connectivity index (χ1) is 15.6. The SMILES string of the molecule is CC(C)c1cccc(=O)c(Nc2c(F)cc(N3C[C@H](CNC(=O)C(F)F)OC3=O)cc2F)c1. The predicted molar refractivity (Wildman–Crippen MR) is 113 cm³/mol. The van der Waals surface area contributed by atoms with Crippen molar-refractivity contribution in [2.45, 2.75) is 32.3 Å². The Labute approximate surface area is 186 Å². The van der Waals surface area contributed by atoms with Crippen molar-refractivity contribution in [1.82, 2.24) is 5.32 Å².